The maximum atomic E-state index is 12.3. The Morgan fingerprint density at radius 3 is 2.42 bits per heavy atom. The molecule has 0 saturated heterocycles. The van der Waals surface area contributed by atoms with Gasteiger partial charge in [0, 0.05) is 22.1 Å². The summed E-state index contributed by atoms with van der Waals surface area (Å²) >= 11 is 6.84. The van der Waals surface area contributed by atoms with Crippen LogP contribution in [0, 0.1) is 23.7 Å². The molecule has 31 heavy (non-hydrogen) atoms. The van der Waals surface area contributed by atoms with Crippen LogP contribution in [0.4, 0.5) is 0 Å². The van der Waals surface area contributed by atoms with E-state index in [0.717, 1.165) is 65.0 Å². The monoisotopic (exact) mass is 430 g/mol. The Balaban J connectivity index is 1.35. The average molecular weight is 431 g/mol. The van der Waals surface area contributed by atoms with E-state index < -0.39 is 5.60 Å². The summed E-state index contributed by atoms with van der Waals surface area (Å²) in [4.78, 5) is 0. The van der Waals surface area contributed by atoms with Crippen LogP contribution in [0.25, 0.3) is 11.1 Å². The molecule has 3 heteroatoms. The van der Waals surface area contributed by atoms with Crippen molar-refractivity contribution in [3.63, 3.8) is 0 Å². The Hall–Kier alpha value is -2.03. The molecule has 2 unspecified atom stereocenters. The highest BCUT2D eigenvalue weighted by Gasteiger charge is 2.57. The first-order valence-electron chi connectivity index (χ1n) is 11.8. The molecule has 4 bridgehead atoms. The number of ether oxygens (including phenoxy) is 1. The standard InChI is InChI=1S/C28H27ClO2/c29-24-6-3-5-23(28(30)19-11-16-10-17(13-19)14-20(28)12-16)27(24)18-8-9-22-21-4-1-2-7-25(21)31-26(22)15-18/h1-9,15-17,19-21,25,30H,10-14H2. The lowest BCUT2D eigenvalue weighted by atomic mass is 9.48. The van der Waals surface area contributed by atoms with Crippen molar-refractivity contribution < 1.29 is 9.84 Å². The van der Waals surface area contributed by atoms with Gasteiger partial charge >= 0.3 is 0 Å². The molecule has 1 N–H and O–H groups in total. The molecule has 2 nitrogen and oxygen atoms in total. The van der Waals surface area contributed by atoms with Gasteiger partial charge in [0.05, 0.1) is 5.60 Å². The first-order valence-corrected chi connectivity index (χ1v) is 12.2. The van der Waals surface area contributed by atoms with Gasteiger partial charge in [-0.1, -0.05) is 54.1 Å². The van der Waals surface area contributed by atoms with Crippen LogP contribution in [-0.4, -0.2) is 11.2 Å². The average Bonchev–Trinajstić information content (AvgIpc) is 3.14. The molecule has 1 aliphatic heterocycles. The summed E-state index contributed by atoms with van der Waals surface area (Å²) in [5.41, 5.74) is 3.53. The predicted octanol–water partition coefficient (Wildman–Crippen LogP) is 6.62. The van der Waals surface area contributed by atoms with Crippen molar-refractivity contribution in [2.45, 2.75) is 49.7 Å². The third kappa shape index (κ3) is 2.55. The Morgan fingerprint density at radius 2 is 1.65 bits per heavy atom. The van der Waals surface area contributed by atoms with Gasteiger partial charge in [-0.05, 0) is 85.1 Å². The van der Waals surface area contributed by atoms with Crippen LogP contribution in [0.15, 0.2) is 60.7 Å². The van der Waals surface area contributed by atoms with Crippen LogP contribution in [0.5, 0.6) is 5.75 Å². The largest absolute Gasteiger partial charge is 0.485 e. The Labute approximate surface area is 188 Å². The van der Waals surface area contributed by atoms with Gasteiger partial charge in [0.25, 0.3) is 0 Å². The van der Waals surface area contributed by atoms with Gasteiger partial charge in [0.1, 0.15) is 11.9 Å². The van der Waals surface area contributed by atoms with Crippen LogP contribution >= 0.6 is 11.6 Å². The lowest BCUT2D eigenvalue weighted by Gasteiger charge is -2.59. The first kappa shape index (κ1) is 18.5. The lowest BCUT2D eigenvalue weighted by Crippen LogP contribution is -2.55. The number of hydrogen-bond acceptors (Lipinski definition) is 2. The summed E-state index contributed by atoms with van der Waals surface area (Å²) in [5.74, 6) is 3.54. The van der Waals surface area contributed by atoms with E-state index in [4.69, 9.17) is 16.3 Å². The zero-order chi connectivity index (χ0) is 20.7. The summed E-state index contributed by atoms with van der Waals surface area (Å²) in [6.07, 6.45) is 14.6. The maximum Gasteiger partial charge on any atom is 0.128 e. The van der Waals surface area contributed by atoms with Crippen molar-refractivity contribution in [1.82, 2.24) is 0 Å². The predicted molar refractivity (Wildman–Crippen MR) is 123 cm³/mol. The Morgan fingerprint density at radius 1 is 0.903 bits per heavy atom. The summed E-state index contributed by atoms with van der Waals surface area (Å²) in [6.45, 7) is 0. The van der Waals surface area contributed by atoms with Crippen molar-refractivity contribution in [2.75, 3.05) is 0 Å². The minimum atomic E-state index is -0.771. The number of hydrogen-bond donors (Lipinski definition) is 1. The van der Waals surface area contributed by atoms with Crippen LogP contribution in [-0.2, 0) is 5.60 Å². The van der Waals surface area contributed by atoms with E-state index in [2.05, 4.69) is 48.6 Å². The molecule has 1 heterocycles. The number of allylic oxidation sites excluding steroid dienone is 2. The molecule has 4 saturated carbocycles. The highest BCUT2D eigenvalue weighted by molar-refractivity contribution is 6.33. The number of benzene rings is 2. The van der Waals surface area contributed by atoms with Crippen molar-refractivity contribution in [3.8, 4) is 16.9 Å². The van der Waals surface area contributed by atoms with Crippen LogP contribution in [0.3, 0.4) is 0 Å². The van der Waals surface area contributed by atoms with Crippen LogP contribution < -0.4 is 4.74 Å². The van der Waals surface area contributed by atoms with Crippen LogP contribution in [0.1, 0.15) is 49.1 Å². The number of fused-ring (bicyclic) bond motifs is 3. The highest BCUT2D eigenvalue weighted by atomic mass is 35.5. The first-order chi connectivity index (χ1) is 15.1. The third-order valence-electron chi connectivity index (χ3n) is 8.84. The summed E-state index contributed by atoms with van der Waals surface area (Å²) in [6, 6.07) is 12.6. The molecule has 4 fully saturated rings. The summed E-state index contributed by atoms with van der Waals surface area (Å²) in [7, 11) is 0. The minimum absolute atomic E-state index is 0.0783. The molecule has 0 aromatic heterocycles. The van der Waals surface area contributed by atoms with Crippen molar-refractivity contribution in [1.29, 1.82) is 0 Å². The molecule has 5 aliphatic carbocycles. The van der Waals surface area contributed by atoms with Crippen molar-refractivity contribution >= 4 is 11.6 Å². The van der Waals surface area contributed by atoms with Crippen molar-refractivity contribution in [2.24, 2.45) is 23.7 Å². The normalized spacial score (nSPS) is 38.8. The second-order valence-electron chi connectivity index (χ2n) is 10.4. The quantitative estimate of drug-likeness (QED) is 0.580. The fraction of sp³-hybridized carbons (Fsp3) is 0.429. The summed E-state index contributed by atoms with van der Waals surface area (Å²) < 4.78 is 6.27. The Kier molecular flexibility index (Phi) is 3.88. The molecule has 158 valence electrons. The molecule has 8 rings (SSSR count). The summed E-state index contributed by atoms with van der Waals surface area (Å²) in [5, 5.41) is 13.0. The molecule has 0 amide bonds. The molecule has 2 atom stereocenters. The fourth-order valence-electron chi connectivity index (χ4n) is 7.69. The van der Waals surface area contributed by atoms with Crippen molar-refractivity contribution in [3.05, 3.63) is 76.9 Å². The zero-order valence-corrected chi connectivity index (χ0v) is 18.3. The lowest BCUT2D eigenvalue weighted by molar-refractivity contribution is -0.179. The smallest absolute Gasteiger partial charge is 0.128 e. The van der Waals surface area contributed by atoms with E-state index in [1.165, 1.54) is 12.0 Å². The second-order valence-corrected chi connectivity index (χ2v) is 10.8. The molecular weight excluding hydrogens is 404 g/mol. The molecule has 0 radical (unpaired) electrons. The van der Waals surface area contributed by atoms with E-state index in [1.54, 1.807) is 0 Å². The molecule has 0 spiro atoms. The number of aliphatic hydroxyl groups is 1. The van der Waals surface area contributed by atoms with Crippen LogP contribution in [0.2, 0.25) is 5.02 Å². The Bertz CT molecular complexity index is 1100. The molecule has 2 aromatic rings. The molecule has 2 aromatic carbocycles. The molecular formula is C28H27ClO2. The van der Waals surface area contributed by atoms with Gasteiger partial charge < -0.3 is 9.84 Å². The second kappa shape index (κ2) is 6.49. The van der Waals surface area contributed by atoms with E-state index >= 15 is 0 Å². The SMILES string of the molecule is OC1(c2cccc(Cl)c2-c2ccc3c(c2)OC2C=CC=CC32)C2CC3CC(C2)CC1C3. The zero-order valence-electron chi connectivity index (χ0n) is 17.5. The van der Waals surface area contributed by atoms with Gasteiger partial charge in [0.15, 0.2) is 0 Å². The van der Waals surface area contributed by atoms with E-state index in [9.17, 15) is 5.11 Å². The van der Waals surface area contributed by atoms with E-state index in [1.807, 2.05) is 12.1 Å². The molecule has 6 aliphatic rings. The van der Waals surface area contributed by atoms with E-state index in [-0.39, 0.29) is 12.0 Å². The minimum Gasteiger partial charge on any atom is -0.485 e. The highest BCUT2D eigenvalue weighted by Crippen LogP contribution is 2.63. The van der Waals surface area contributed by atoms with Gasteiger partial charge in [-0.3, -0.25) is 0 Å². The fourth-order valence-corrected chi connectivity index (χ4v) is 7.97. The third-order valence-corrected chi connectivity index (χ3v) is 9.15. The van der Waals surface area contributed by atoms with E-state index in [0.29, 0.717) is 11.8 Å². The number of rotatable bonds is 2. The topological polar surface area (TPSA) is 29.5 Å². The number of halogens is 1. The van der Waals surface area contributed by atoms with Gasteiger partial charge in [-0.2, -0.15) is 0 Å². The van der Waals surface area contributed by atoms with Gasteiger partial charge in [-0.15, -0.1) is 0 Å². The van der Waals surface area contributed by atoms with Gasteiger partial charge in [0.2, 0.25) is 0 Å². The maximum absolute atomic E-state index is 12.3. The van der Waals surface area contributed by atoms with Gasteiger partial charge in [-0.25, -0.2) is 0 Å².